The fourth-order valence-electron chi connectivity index (χ4n) is 2.62. The van der Waals surface area contributed by atoms with E-state index >= 15 is 0 Å². The largest absolute Gasteiger partial charge is 0.494 e. The Hall–Kier alpha value is -2.49. The lowest BCUT2D eigenvalue weighted by Crippen LogP contribution is -2.25. The lowest BCUT2D eigenvalue weighted by molar-refractivity contribution is -0.121. The van der Waals surface area contributed by atoms with Crippen LogP contribution < -0.4 is 14.8 Å². The Morgan fingerprint density at radius 3 is 2.54 bits per heavy atom. The van der Waals surface area contributed by atoms with E-state index in [1.54, 1.807) is 0 Å². The Bertz CT molecular complexity index is 667. The molecule has 1 N–H and O–H groups in total. The van der Waals surface area contributed by atoms with Gasteiger partial charge in [0.25, 0.3) is 0 Å². The van der Waals surface area contributed by atoms with Crippen molar-refractivity contribution in [2.75, 3.05) is 19.8 Å². The molecule has 0 bridgehead atoms. The quantitative estimate of drug-likeness (QED) is 0.611. The molecule has 0 radical (unpaired) electrons. The summed E-state index contributed by atoms with van der Waals surface area (Å²) in [6.07, 6.45) is 3.00. The molecule has 0 aliphatic heterocycles. The van der Waals surface area contributed by atoms with Crippen molar-refractivity contribution in [2.24, 2.45) is 0 Å². The minimum atomic E-state index is 0.0794. The van der Waals surface area contributed by atoms with Crippen molar-refractivity contribution in [2.45, 2.75) is 39.5 Å². The summed E-state index contributed by atoms with van der Waals surface area (Å²) in [6.45, 7) is 6.01. The summed E-state index contributed by atoms with van der Waals surface area (Å²) in [5.74, 6) is 1.85. The second-order valence-electron chi connectivity index (χ2n) is 6.26. The minimum Gasteiger partial charge on any atom is -0.494 e. The Labute approximate surface area is 156 Å². The second kappa shape index (κ2) is 11.2. The zero-order chi connectivity index (χ0) is 18.6. The third kappa shape index (κ3) is 7.18. The van der Waals surface area contributed by atoms with Crippen molar-refractivity contribution in [3.63, 3.8) is 0 Å². The number of hydrogen-bond acceptors (Lipinski definition) is 3. The van der Waals surface area contributed by atoms with Gasteiger partial charge in [-0.2, -0.15) is 0 Å². The monoisotopic (exact) mass is 355 g/mol. The van der Waals surface area contributed by atoms with Crippen molar-refractivity contribution >= 4 is 5.91 Å². The van der Waals surface area contributed by atoms with E-state index in [4.69, 9.17) is 9.47 Å². The number of carbonyl (C=O) groups excluding carboxylic acids is 1. The maximum Gasteiger partial charge on any atom is 0.220 e. The first-order valence-electron chi connectivity index (χ1n) is 9.36. The number of carbonyl (C=O) groups is 1. The summed E-state index contributed by atoms with van der Waals surface area (Å²) in [5, 5.41) is 2.98. The van der Waals surface area contributed by atoms with Crippen LogP contribution >= 0.6 is 0 Å². The molecule has 4 heteroatoms. The van der Waals surface area contributed by atoms with Gasteiger partial charge < -0.3 is 14.8 Å². The molecule has 1 amide bonds. The molecule has 0 atom stereocenters. The van der Waals surface area contributed by atoms with Gasteiger partial charge in [-0.3, -0.25) is 4.79 Å². The van der Waals surface area contributed by atoms with Crippen LogP contribution in [0.25, 0.3) is 0 Å². The molecule has 2 rings (SSSR count). The van der Waals surface area contributed by atoms with E-state index in [1.165, 1.54) is 5.56 Å². The summed E-state index contributed by atoms with van der Waals surface area (Å²) in [4.78, 5) is 12.0. The van der Waals surface area contributed by atoms with Crippen LogP contribution in [-0.4, -0.2) is 25.7 Å². The van der Waals surface area contributed by atoms with Crippen LogP contribution in [-0.2, 0) is 11.2 Å². The molecule has 0 spiro atoms. The fraction of sp³-hybridized carbons (Fsp3) is 0.409. The predicted molar refractivity (Wildman–Crippen MR) is 105 cm³/mol. The average molecular weight is 355 g/mol. The molecule has 0 aliphatic rings. The first-order valence-corrected chi connectivity index (χ1v) is 9.36. The predicted octanol–water partition coefficient (Wildman–Crippen LogP) is 4.30. The highest BCUT2D eigenvalue weighted by molar-refractivity contribution is 5.76. The molecule has 0 unspecified atom stereocenters. The highest BCUT2D eigenvalue weighted by Crippen LogP contribution is 2.19. The van der Waals surface area contributed by atoms with Crippen LogP contribution in [0, 0.1) is 6.92 Å². The van der Waals surface area contributed by atoms with Gasteiger partial charge in [-0.05, 0) is 56.9 Å². The molecule has 0 saturated heterocycles. The summed E-state index contributed by atoms with van der Waals surface area (Å²) < 4.78 is 11.3. The van der Waals surface area contributed by atoms with E-state index in [9.17, 15) is 4.79 Å². The second-order valence-corrected chi connectivity index (χ2v) is 6.26. The van der Waals surface area contributed by atoms with Gasteiger partial charge in [-0.15, -0.1) is 0 Å². The Morgan fingerprint density at radius 1 is 1.00 bits per heavy atom. The first-order chi connectivity index (χ1) is 12.7. The van der Waals surface area contributed by atoms with Crippen LogP contribution in [0.15, 0.2) is 48.5 Å². The standard InChI is InChI=1S/C22H29NO3/c1-3-25-21-9-5-4-8-19(21)12-15-22(24)23-16-6-7-17-26-20-13-10-18(2)11-14-20/h4-5,8-11,13-14H,3,6-7,12,15-17H2,1-2H3,(H,23,24). The first kappa shape index (κ1) is 19.8. The normalized spacial score (nSPS) is 10.4. The van der Waals surface area contributed by atoms with Crippen molar-refractivity contribution < 1.29 is 14.3 Å². The van der Waals surface area contributed by atoms with Gasteiger partial charge in [0.1, 0.15) is 11.5 Å². The molecule has 0 saturated carbocycles. The Balaban J connectivity index is 1.57. The Kier molecular flexibility index (Phi) is 8.53. The maximum absolute atomic E-state index is 12.0. The Morgan fingerprint density at radius 2 is 1.77 bits per heavy atom. The number of nitrogens with one attached hydrogen (secondary N) is 1. The molecule has 140 valence electrons. The molecule has 2 aromatic rings. The van der Waals surface area contributed by atoms with E-state index in [1.807, 2.05) is 55.5 Å². The van der Waals surface area contributed by atoms with E-state index in [-0.39, 0.29) is 5.91 Å². The van der Waals surface area contributed by atoms with Gasteiger partial charge in [-0.25, -0.2) is 0 Å². The molecular formula is C22H29NO3. The summed E-state index contributed by atoms with van der Waals surface area (Å²) in [7, 11) is 0. The van der Waals surface area contributed by atoms with Crippen molar-refractivity contribution in [1.29, 1.82) is 0 Å². The molecule has 2 aromatic carbocycles. The zero-order valence-electron chi connectivity index (χ0n) is 15.8. The van der Waals surface area contributed by atoms with Crippen LogP contribution in [0.3, 0.4) is 0 Å². The number of amides is 1. The van der Waals surface area contributed by atoms with Crippen LogP contribution in [0.1, 0.15) is 37.3 Å². The third-order valence-electron chi connectivity index (χ3n) is 4.08. The van der Waals surface area contributed by atoms with Crippen LogP contribution in [0.5, 0.6) is 11.5 Å². The van der Waals surface area contributed by atoms with Gasteiger partial charge in [0.05, 0.1) is 13.2 Å². The fourth-order valence-corrected chi connectivity index (χ4v) is 2.62. The number of para-hydroxylation sites is 1. The smallest absolute Gasteiger partial charge is 0.220 e. The topological polar surface area (TPSA) is 47.6 Å². The highest BCUT2D eigenvalue weighted by Gasteiger charge is 2.06. The van der Waals surface area contributed by atoms with Crippen LogP contribution in [0.4, 0.5) is 0 Å². The molecule has 26 heavy (non-hydrogen) atoms. The molecule has 0 fully saturated rings. The van der Waals surface area contributed by atoms with E-state index in [0.717, 1.165) is 29.9 Å². The molecule has 0 aromatic heterocycles. The van der Waals surface area contributed by atoms with Gasteiger partial charge in [0, 0.05) is 13.0 Å². The number of unbranched alkanes of at least 4 members (excludes halogenated alkanes) is 1. The number of rotatable bonds is 11. The van der Waals surface area contributed by atoms with Gasteiger partial charge >= 0.3 is 0 Å². The van der Waals surface area contributed by atoms with Gasteiger partial charge in [0.15, 0.2) is 0 Å². The lowest BCUT2D eigenvalue weighted by Gasteiger charge is -2.10. The zero-order valence-corrected chi connectivity index (χ0v) is 15.8. The minimum absolute atomic E-state index is 0.0794. The third-order valence-corrected chi connectivity index (χ3v) is 4.08. The van der Waals surface area contributed by atoms with Crippen molar-refractivity contribution in [3.05, 3.63) is 59.7 Å². The van der Waals surface area contributed by atoms with E-state index in [0.29, 0.717) is 32.6 Å². The van der Waals surface area contributed by atoms with Gasteiger partial charge in [0.2, 0.25) is 5.91 Å². The molecule has 4 nitrogen and oxygen atoms in total. The van der Waals surface area contributed by atoms with Crippen molar-refractivity contribution in [3.8, 4) is 11.5 Å². The summed E-state index contributed by atoms with van der Waals surface area (Å²) in [6, 6.07) is 15.9. The maximum atomic E-state index is 12.0. The molecular weight excluding hydrogens is 326 g/mol. The number of benzene rings is 2. The number of ether oxygens (including phenoxy) is 2. The summed E-state index contributed by atoms with van der Waals surface area (Å²) in [5.41, 5.74) is 2.31. The molecule has 0 heterocycles. The average Bonchev–Trinajstić information content (AvgIpc) is 2.65. The molecule has 0 aliphatic carbocycles. The number of aryl methyl sites for hydroxylation is 2. The van der Waals surface area contributed by atoms with Crippen LogP contribution in [0.2, 0.25) is 0 Å². The SMILES string of the molecule is CCOc1ccccc1CCC(=O)NCCCCOc1ccc(C)cc1. The van der Waals surface area contributed by atoms with Gasteiger partial charge in [-0.1, -0.05) is 35.9 Å². The van der Waals surface area contributed by atoms with E-state index in [2.05, 4.69) is 12.2 Å². The number of hydrogen-bond donors (Lipinski definition) is 1. The summed E-state index contributed by atoms with van der Waals surface area (Å²) >= 11 is 0. The lowest BCUT2D eigenvalue weighted by atomic mass is 10.1. The highest BCUT2D eigenvalue weighted by atomic mass is 16.5. The van der Waals surface area contributed by atoms with Crippen molar-refractivity contribution in [1.82, 2.24) is 5.32 Å². The van der Waals surface area contributed by atoms with E-state index < -0.39 is 0 Å².